The Morgan fingerprint density at radius 1 is 0.838 bits per heavy atom. The summed E-state index contributed by atoms with van der Waals surface area (Å²) in [6, 6.07) is 27.5. The fourth-order valence-electron chi connectivity index (χ4n) is 4.07. The van der Waals surface area contributed by atoms with Gasteiger partial charge in [-0.25, -0.2) is 4.79 Å². The van der Waals surface area contributed by atoms with E-state index >= 15 is 0 Å². The topological polar surface area (TPSA) is 101 Å². The molecule has 0 aliphatic carbocycles. The van der Waals surface area contributed by atoms with Crippen LogP contribution in [0.1, 0.15) is 28.4 Å². The molecule has 0 radical (unpaired) electrons. The van der Waals surface area contributed by atoms with Crippen molar-refractivity contribution in [3.8, 4) is 0 Å². The van der Waals surface area contributed by atoms with E-state index in [1.165, 1.54) is 6.92 Å². The Morgan fingerprint density at radius 3 is 2.00 bits per heavy atom. The number of hydrogen-bond donors (Lipinski definition) is 1. The first-order chi connectivity index (χ1) is 18.0. The molecule has 1 aliphatic heterocycles. The minimum Gasteiger partial charge on any atom is -0.459 e. The molecule has 0 bridgehead atoms. The Balaban J connectivity index is 1.54. The van der Waals surface area contributed by atoms with Crippen molar-refractivity contribution in [3.05, 3.63) is 108 Å². The third kappa shape index (κ3) is 7.47. The molecule has 37 heavy (non-hydrogen) atoms. The zero-order valence-electron chi connectivity index (χ0n) is 20.5. The van der Waals surface area contributed by atoms with Crippen LogP contribution in [0, 0.1) is 0 Å². The van der Waals surface area contributed by atoms with E-state index in [0.29, 0.717) is 5.56 Å². The Bertz CT molecular complexity index is 1120. The summed E-state index contributed by atoms with van der Waals surface area (Å²) in [6.45, 7) is 1.47. The summed E-state index contributed by atoms with van der Waals surface area (Å²) in [5.74, 6) is -1.11. The number of aliphatic hydroxyl groups is 1. The highest BCUT2D eigenvalue weighted by molar-refractivity contribution is 5.89. The minimum atomic E-state index is -1.44. The molecule has 0 amide bonds. The van der Waals surface area contributed by atoms with Gasteiger partial charge in [0.15, 0.2) is 12.4 Å². The Morgan fingerprint density at radius 2 is 1.41 bits per heavy atom. The van der Waals surface area contributed by atoms with E-state index in [1.807, 2.05) is 60.7 Å². The van der Waals surface area contributed by atoms with Crippen molar-refractivity contribution in [2.45, 2.75) is 50.8 Å². The van der Waals surface area contributed by atoms with E-state index in [1.54, 1.807) is 30.3 Å². The number of rotatable bonds is 11. The van der Waals surface area contributed by atoms with Crippen molar-refractivity contribution in [2.75, 3.05) is 6.61 Å². The summed E-state index contributed by atoms with van der Waals surface area (Å²) in [5.41, 5.74) is 2.19. The fourth-order valence-corrected chi connectivity index (χ4v) is 4.07. The van der Waals surface area contributed by atoms with Gasteiger partial charge in [-0.1, -0.05) is 78.9 Å². The van der Waals surface area contributed by atoms with Gasteiger partial charge < -0.3 is 28.8 Å². The van der Waals surface area contributed by atoms with Crippen LogP contribution >= 0.6 is 0 Å². The Labute approximate surface area is 215 Å². The standard InChI is InChI=1S/C29H30O8/c1-20(30)36-27-26(34-18-22-13-7-3-8-14-22)25(37-29(27)32)24(33-17-21-11-5-2-6-12-21)19-35-28(31)23-15-9-4-10-16-23/h2-16,24-27,29,32H,17-19H2,1H3/t24-,25-,26-,27-,29?/m1/s1. The number of hydrogen-bond acceptors (Lipinski definition) is 8. The lowest BCUT2D eigenvalue weighted by Gasteiger charge is -2.29. The molecule has 4 rings (SSSR count). The molecule has 8 nitrogen and oxygen atoms in total. The number of esters is 2. The van der Waals surface area contributed by atoms with Gasteiger partial charge in [0, 0.05) is 6.92 Å². The number of benzene rings is 3. The van der Waals surface area contributed by atoms with Crippen LogP contribution in [-0.4, -0.2) is 54.4 Å². The third-order valence-electron chi connectivity index (χ3n) is 5.87. The predicted octanol–water partition coefficient (Wildman–Crippen LogP) is 3.66. The molecule has 1 saturated heterocycles. The second kappa shape index (κ2) is 13.1. The molecular formula is C29H30O8. The van der Waals surface area contributed by atoms with E-state index < -0.39 is 42.6 Å². The zero-order valence-corrected chi connectivity index (χ0v) is 20.5. The summed E-state index contributed by atoms with van der Waals surface area (Å²) < 4.78 is 29.0. The first-order valence-corrected chi connectivity index (χ1v) is 12.0. The lowest BCUT2D eigenvalue weighted by molar-refractivity contribution is -0.177. The lowest BCUT2D eigenvalue weighted by Crippen LogP contribution is -2.45. The quantitative estimate of drug-likeness (QED) is 0.393. The molecular weight excluding hydrogens is 476 g/mol. The van der Waals surface area contributed by atoms with E-state index in [0.717, 1.165) is 11.1 Å². The summed E-state index contributed by atoms with van der Waals surface area (Å²) in [6.07, 6.45) is -5.13. The molecule has 1 fully saturated rings. The number of carbonyl (C=O) groups is 2. The Hall–Kier alpha value is -3.56. The van der Waals surface area contributed by atoms with Crippen LogP contribution in [0.15, 0.2) is 91.0 Å². The first-order valence-electron chi connectivity index (χ1n) is 12.0. The monoisotopic (exact) mass is 506 g/mol. The zero-order chi connectivity index (χ0) is 26.0. The van der Waals surface area contributed by atoms with Crippen LogP contribution in [0.2, 0.25) is 0 Å². The molecule has 1 N–H and O–H groups in total. The van der Waals surface area contributed by atoms with Gasteiger partial charge in [0.2, 0.25) is 0 Å². The number of carbonyl (C=O) groups excluding carboxylic acids is 2. The van der Waals surface area contributed by atoms with Gasteiger partial charge in [-0.05, 0) is 23.3 Å². The Kier molecular flexibility index (Phi) is 9.40. The molecule has 0 aromatic heterocycles. The maximum atomic E-state index is 12.6. The molecule has 3 aromatic rings. The second-order valence-corrected chi connectivity index (χ2v) is 8.63. The van der Waals surface area contributed by atoms with Crippen LogP contribution in [0.3, 0.4) is 0 Å². The van der Waals surface area contributed by atoms with Crippen LogP contribution in [0.4, 0.5) is 0 Å². The van der Waals surface area contributed by atoms with Gasteiger partial charge in [0.25, 0.3) is 0 Å². The summed E-state index contributed by atoms with van der Waals surface area (Å²) in [7, 11) is 0. The molecule has 1 heterocycles. The smallest absolute Gasteiger partial charge is 0.338 e. The molecule has 1 aliphatic rings. The highest BCUT2D eigenvalue weighted by Crippen LogP contribution is 2.30. The van der Waals surface area contributed by atoms with Gasteiger partial charge in [-0.2, -0.15) is 0 Å². The maximum absolute atomic E-state index is 12.6. The highest BCUT2D eigenvalue weighted by atomic mass is 16.7. The van der Waals surface area contributed by atoms with Crippen LogP contribution in [-0.2, 0) is 41.7 Å². The van der Waals surface area contributed by atoms with E-state index in [-0.39, 0.29) is 19.8 Å². The van der Waals surface area contributed by atoms with Gasteiger partial charge in [0.05, 0.1) is 18.8 Å². The number of ether oxygens (including phenoxy) is 5. The minimum absolute atomic E-state index is 0.171. The second-order valence-electron chi connectivity index (χ2n) is 8.63. The third-order valence-corrected chi connectivity index (χ3v) is 5.87. The average Bonchev–Trinajstić information content (AvgIpc) is 3.23. The summed E-state index contributed by atoms with van der Waals surface area (Å²) in [5, 5.41) is 10.6. The lowest BCUT2D eigenvalue weighted by atomic mass is 10.1. The van der Waals surface area contributed by atoms with Crippen molar-refractivity contribution in [1.29, 1.82) is 0 Å². The van der Waals surface area contributed by atoms with Crippen molar-refractivity contribution in [1.82, 2.24) is 0 Å². The molecule has 0 spiro atoms. The molecule has 3 aromatic carbocycles. The first kappa shape index (κ1) is 26.5. The van der Waals surface area contributed by atoms with Crippen molar-refractivity contribution in [3.63, 3.8) is 0 Å². The van der Waals surface area contributed by atoms with E-state index in [4.69, 9.17) is 23.7 Å². The summed E-state index contributed by atoms with van der Waals surface area (Å²) >= 11 is 0. The highest BCUT2D eigenvalue weighted by Gasteiger charge is 2.51. The van der Waals surface area contributed by atoms with Gasteiger partial charge in [-0.15, -0.1) is 0 Å². The fraction of sp³-hybridized carbons (Fsp3) is 0.310. The van der Waals surface area contributed by atoms with Gasteiger partial charge in [-0.3, -0.25) is 4.79 Å². The van der Waals surface area contributed by atoms with Crippen molar-refractivity contribution >= 4 is 11.9 Å². The average molecular weight is 507 g/mol. The predicted molar refractivity (Wildman–Crippen MR) is 133 cm³/mol. The molecule has 194 valence electrons. The van der Waals surface area contributed by atoms with E-state index in [9.17, 15) is 14.7 Å². The molecule has 5 atom stereocenters. The van der Waals surface area contributed by atoms with Crippen molar-refractivity contribution in [2.24, 2.45) is 0 Å². The molecule has 8 heteroatoms. The molecule has 0 saturated carbocycles. The normalized spacial score (nSPS) is 21.8. The number of aliphatic hydroxyl groups excluding tert-OH is 1. The van der Waals surface area contributed by atoms with Gasteiger partial charge >= 0.3 is 11.9 Å². The van der Waals surface area contributed by atoms with Crippen molar-refractivity contribution < 1.29 is 38.4 Å². The maximum Gasteiger partial charge on any atom is 0.338 e. The molecule has 1 unspecified atom stereocenters. The van der Waals surface area contributed by atoms with Crippen LogP contribution in [0.25, 0.3) is 0 Å². The SMILES string of the molecule is CC(=O)O[C@H]1C(O)O[C@H]([C@@H](COC(=O)c2ccccc2)OCc2ccccc2)[C@H]1OCc1ccccc1. The van der Waals surface area contributed by atoms with E-state index in [2.05, 4.69) is 0 Å². The van der Waals surface area contributed by atoms with Gasteiger partial charge in [0.1, 0.15) is 24.9 Å². The summed E-state index contributed by atoms with van der Waals surface area (Å²) in [4.78, 5) is 24.4. The largest absolute Gasteiger partial charge is 0.459 e. The van der Waals surface area contributed by atoms with Crippen LogP contribution < -0.4 is 0 Å². The van der Waals surface area contributed by atoms with Crippen LogP contribution in [0.5, 0.6) is 0 Å².